The molecular weight excluding hydrogens is 621 g/mol. The van der Waals surface area contributed by atoms with Crippen molar-refractivity contribution in [3.05, 3.63) is 11.4 Å². The van der Waals surface area contributed by atoms with Gasteiger partial charge in [0.2, 0.25) is 11.9 Å². The fourth-order valence-electron chi connectivity index (χ4n) is 5.63. The lowest BCUT2D eigenvalue weighted by Crippen LogP contribution is -2.46. The zero-order valence-electron chi connectivity index (χ0n) is 33.4. The summed E-state index contributed by atoms with van der Waals surface area (Å²) in [5.74, 6) is 2.10. The van der Waals surface area contributed by atoms with Crippen molar-refractivity contribution in [2.75, 3.05) is 52.4 Å². The molecule has 0 radical (unpaired) electrons. The van der Waals surface area contributed by atoms with Crippen LogP contribution in [0.25, 0.3) is 0 Å². The lowest BCUT2D eigenvalue weighted by molar-refractivity contribution is 0.301. The van der Waals surface area contributed by atoms with Gasteiger partial charge in [-0.15, -0.1) is 0 Å². The van der Waals surface area contributed by atoms with Gasteiger partial charge in [-0.1, -0.05) is 107 Å². The van der Waals surface area contributed by atoms with Crippen LogP contribution in [0.5, 0.6) is 0 Å². The Bertz CT molecular complexity index is 1010. The molecule has 0 N–H and O–H groups in total. The first-order chi connectivity index (χ1) is 24.4. The standard InChI is InChI=1S/C40H72N10/c1-9-17-25-47(26-18-10-2)39(48(27-19-11-3)28-20-12-4)45-37-35(33-41)44-38(36(34-42)43-37)46-40(49(29-21-13-5)30-22-14-6)50(31-23-15-7)32-24-16-8/h9-32H2,1-8H3. The molecule has 0 amide bonds. The number of hydrogen-bond donors (Lipinski definition) is 0. The maximum Gasteiger partial charge on any atom is 0.203 e. The highest BCUT2D eigenvalue weighted by Crippen LogP contribution is 2.25. The molecule has 0 saturated heterocycles. The Kier molecular flexibility index (Phi) is 25.3. The Labute approximate surface area is 307 Å². The van der Waals surface area contributed by atoms with E-state index in [1.165, 1.54) is 0 Å². The smallest absolute Gasteiger partial charge is 0.203 e. The Balaban J connectivity index is 4.07. The molecule has 1 aromatic heterocycles. The van der Waals surface area contributed by atoms with E-state index in [9.17, 15) is 10.5 Å². The molecule has 0 fully saturated rings. The van der Waals surface area contributed by atoms with Gasteiger partial charge >= 0.3 is 0 Å². The van der Waals surface area contributed by atoms with E-state index in [-0.39, 0.29) is 23.0 Å². The lowest BCUT2D eigenvalue weighted by Gasteiger charge is -2.35. The number of aliphatic imine (C=N–C) groups is 2. The van der Waals surface area contributed by atoms with Crippen LogP contribution in [0.3, 0.4) is 0 Å². The third-order valence-corrected chi connectivity index (χ3v) is 8.87. The molecule has 0 bridgehead atoms. The molecule has 0 atom stereocenters. The van der Waals surface area contributed by atoms with E-state index in [1.54, 1.807) is 0 Å². The highest BCUT2D eigenvalue weighted by Gasteiger charge is 2.24. The monoisotopic (exact) mass is 693 g/mol. The number of unbranched alkanes of at least 4 members (excludes halogenated alkanes) is 8. The van der Waals surface area contributed by atoms with E-state index in [2.05, 4.69) is 87.1 Å². The highest BCUT2D eigenvalue weighted by molar-refractivity contribution is 5.84. The number of rotatable bonds is 26. The van der Waals surface area contributed by atoms with E-state index in [0.29, 0.717) is 0 Å². The van der Waals surface area contributed by atoms with Crippen molar-refractivity contribution in [3.8, 4) is 12.1 Å². The van der Waals surface area contributed by atoms with Gasteiger partial charge in [-0.2, -0.15) is 20.5 Å². The molecule has 1 heterocycles. The molecule has 0 saturated carbocycles. The topological polar surface area (TPSA) is 111 Å². The fraction of sp³-hybridized carbons (Fsp3) is 0.800. The maximum absolute atomic E-state index is 10.5. The first kappa shape index (κ1) is 44.6. The summed E-state index contributed by atoms with van der Waals surface area (Å²) in [5.41, 5.74) is 0.220. The Morgan fingerprint density at radius 1 is 0.420 bits per heavy atom. The van der Waals surface area contributed by atoms with Crippen molar-refractivity contribution >= 4 is 23.6 Å². The van der Waals surface area contributed by atoms with Gasteiger partial charge in [-0.25, -0.2) is 9.97 Å². The average Bonchev–Trinajstić information content (AvgIpc) is 3.14. The molecule has 0 aliphatic rings. The third kappa shape index (κ3) is 16.1. The minimum Gasteiger partial charge on any atom is -0.342 e. The Morgan fingerprint density at radius 3 is 0.780 bits per heavy atom. The van der Waals surface area contributed by atoms with Gasteiger partial charge in [0, 0.05) is 52.4 Å². The first-order valence-corrected chi connectivity index (χ1v) is 20.3. The predicted molar refractivity (Wildman–Crippen MR) is 211 cm³/mol. The second-order valence-corrected chi connectivity index (χ2v) is 13.4. The van der Waals surface area contributed by atoms with Crippen LogP contribution in [-0.2, 0) is 0 Å². The van der Waals surface area contributed by atoms with Gasteiger partial charge in [-0.3, -0.25) is 0 Å². The van der Waals surface area contributed by atoms with E-state index in [4.69, 9.17) is 20.0 Å². The summed E-state index contributed by atoms with van der Waals surface area (Å²) >= 11 is 0. The second kappa shape index (κ2) is 28.3. The Hall–Kier alpha value is -3.40. The second-order valence-electron chi connectivity index (χ2n) is 13.4. The van der Waals surface area contributed by atoms with Gasteiger partial charge in [0.05, 0.1) is 0 Å². The summed E-state index contributed by atoms with van der Waals surface area (Å²) < 4.78 is 0. The zero-order valence-corrected chi connectivity index (χ0v) is 33.4. The summed E-state index contributed by atoms with van der Waals surface area (Å²) in [5, 5.41) is 21.0. The summed E-state index contributed by atoms with van der Waals surface area (Å²) in [7, 11) is 0. The van der Waals surface area contributed by atoms with Crippen LogP contribution in [-0.4, -0.2) is 93.8 Å². The number of nitrogens with zero attached hydrogens (tertiary/aromatic N) is 10. The highest BCUT2D eigenvalue weighted by atomic mass is 15.4. The molecule has 10 heteroatoms. The average molecular weight is 693 g/mol. The number of guanidine groups is 2. The molecule has 1 aromatic rings. The van der Waals surface area contributed by atoms with Crippen molar-refractivity contribution < 1.29 is 0 Å². The summed E-state index contributed by atoms with van der Waals surface area (Å²) in [4.78, 5) is 29.3. The predicted octanol–water partition coefficient (Wildman–Crippen LogP) is 9.80. The van der Waals surface area contributed by atoms with Crippen molar-refractivity contribution in [1.29, 1.82) is 10.5 Å². The van der Waals surface area contributed by atoms with Crippen molar-refractivity contribution in [1.82, 2.24) is 29.6 Å². The quantitative estimate of drug-likeness (QED) is 0.0697. The number of aromatic nitrogens is 2. The molecule has 0 aliphatic heterocycles. The minimum absolute atomic E-state index is 0.110. The van der Waals surface area contributed by atoms with Gasteiger partial charge in [0.25, 0.3) is 0 Å². The fourth-order valence-corrected chi connectivity index (χ4v) is 5.63. The van der Waals surface area contributed by atoms with E-state index >= 15 is 0 Å². The van der Waals surface area contributed by atoms with E-state index in [0.717, 1.165) is 167 Å². The molecule has 50 heavy (non-hydrogen) atoms. The SMILES string of the molecule is CCCCN(CCCC)C(=Nc1nc(C#N)c(N=C(N(CCCC)CCCC)N(CCCC)CCCC)nc1C#N)N(CCCC)CCCC. The van der Waals surface area contributed by atoms with Crippen LogP contribution in [0.1, 0.15) is 170 Å². The van der Waals surface area contributed by atoms with Gasteiger partial charge in [0.1, 0.15) is 12.1 Å². The molecule has 0 spiro atoms. The van der Waals surface area contributed by atoms with Crippen LogP contribution in [0.4, 0.5) is 11.6 Å². The maximum atomic E-state index is 10.5. The molecule has 0 aliphatic carbocycles. The molecule has 1 rings (SSSR count). The van der Waals surface area contributed by atoms with Gasteiger partial charge < -0.3 is 19.6 Å². The summed E-state index contributed by atoms with van der Waals surface area (Å²) in [6, 6.07) is 4.58. The summed E-state index contributed by atoms with van der Waals surface area (Å²) in [6.45, 7) is 24.8. The number of hydrogen-bond acceptors (Lipinski definition) is 6. The van der Waals surface area contributed by atoms with E-state index < -0.39 is 0 Å². The van der Waals surface area contributed by atoms with Crippen molar-refractivity contribution in [2.45, 2.75) is 158 Å². The van der Waals surface area contributed by atoms with Crippen LogP contribution in [0.15, 0.2) is 9.98 Å². The number of nitriles is 2. The van der Waals surface area contributed by atoms with Crippen molar-refractivity contribution in [3.63, 3.8) is 0 Å². The van der Waals surface area contributed by atoms with Crippen LogP contribution in [0.2, 0.25) is 0 Å². The molecule has 282 valence electrons. The van der Waals surface area contributed by atoms with Crippen LogP contribution >= 0.6 is 0 Å². The lowest BCUT2D eigenvalue weighted by atomic mass is 10.2. The van der Waals surface area contributed by atoms with E-state index in [1.807, 2.05) is 0 Å². The van der Waals surface area contributed by atoms with Gasteiger partial charge in [0.15, 0.2) is 23.0 Å². The van der Waals surface area contributed by atoms with Crippen LogP contribution in [0, 0.1) is 22.7 Å². The van der Waals surface area contributed by atoms with Crippen LogP contribution < -0.4 is 0 Å². The van der Waals surface area contributed by atoms with Gasteiger partial charge in [-0.05, 0) is 51.4 Å². The normalized spacial score (nSPS) is 10.7. The minimum atomic E-state index is 0.110. The first-order valence-electron chi connectivity index (χ1n) is 20.3. The molecule has 0 unspecified atom stereocenters. The van der Waals surface area contributed by atoms with Crippen molar-refractivity contribution in [2.24, 2.45) is 9.98 Å². The molecule has 0 aromatic carbocycles. The molecule has 10 nitrogen and oxygen atoms in total. The summed E-state index contributed by atoms with van der Waals surface area (Å²) in [6.07, 6.45) is 17.0. The largest absolute Gasteiger partial charge is 0.342 e. The Morgan fingerprint density at radius 2 is 0.620 bits per heavy atom. The molecular formula is C40H72N10. The zero-order chi connectivity index (χ0) is 37.0. The third-order valence-electron chi connectivity index (χ3n) is 8.87.